The number of hydrogen-bond acceptors (Lipinski definition) is 4. The van der Waals surface area contributed by atoms with Crippen LogP contribution in [-0.4, -0.2) is 36.6 Å². The lowest BCUT2D eigenvalue weighted by Gasteiger charge is -2.37. The number of likely N-dealkylation sites (tertiary alicyclic amines) is 1. The van der Waals surface area contributed by atoms with Crippen LogP contribution in [0.15, 0.2) is 66.7 Å². The van der Waals surface area contributed by atoms with Crippen LogP contribution in [0.2, 0.25) is 0 Å². The summed E-state index contributed by atoms with van der Waals surface area (Å²) in [6, 6.07) is 19.7. The monoisotopic (exact) mass is 474 g/mol. The van der Waals surface area contributed by atoms with E-state index >= 15 is 0 Å². The number of aryl methyl sites for hydroxylation is 1. The first kappa shape index (κ1) is 22.9. The Bertz CT molecular complexity index is 1250. The Labute approximate surface area is 203 Å². The highest BCUT2D eigenvalue weighted by atomic mass is 19.1. The molecule has 1 N–H and O–H groups in total. The van der Waals surface area contributed by atoms with Gasteiger partial charge in [0, 0.05) is 31.1 Å². The van der Waals surface area contributed by atoms with Crippen LogP contribution in [0.1, 0.15) is 39.4 Å². The zero-order chi connectivity index (χ0) is 24.4. The van der Waals surface area contributed by atoms with Gasteiger partial charge in [-0.3, -0.25) is 9.59 Å². The van der Waals surface area contributed by atoms with Gasteiger partial charge in [0.05, 0.1) is 5.92 Å². The quantitative estimate of drug-likeness (QED) is 0.594. The standard InChI is InChI=1S/C28H27FN2O4/c1-18-11-21(8-9-24(18)29)22-13-23(16-31(15-22)28(33)20-5-3-2-4-6-20)27(32)30-14-19-7-10-25-26(12-19)35-17-34-25/h2-12,22-23H,13-17H2,1H3,(H,30,32)/t22-,23-/m1/s1. The van der Waals surface area contributed by atoms with Crippen molar-refractivity contribution >= 4 is 11.8 Å². The van der Waals surface area contributed by atoms with Crippen molar-refractivity contribution in [2.45, 2.75) is 25.8 Å². The minimum absolute atomic E-state index is 0.0722. The Balaban J connectivity index is 1.34. The van der Waals surface area contributed by atoms with E-state index in [1.54, 1.807) is 30.0 Å². The SMILES string of the molecule is Cc1cc([C@@H]2C[C@@H](C(=O)NCc3ccc4c(c3)OCO4)CN(C(=O)c3ccccc3)C2)ccc1F. The van der Waals surface area contributed by atoms with E-state index in [1.165, 1.54) is 6.07 Å². The Morgan fingerprint density at radius 3 is 2.60 bits per heavy atom. The highest BCUT2D eigenvalue weighted by molar-refractivity contribution is 5.94. The van der Waals surface area contributed by atoms with Crippen LogP contribution < -0.4 is 14.8 Å². The second-order valence-corrected chi connectivity index (χ2v) is 9.12. The number of nitrogens with zero attached hydrogens (tertiary/aromatic N) is 1. The van der Waals surface area contributed by atoms with E-state index < -0.39 is 0 Å². The molecule has 2 aliphatic rings. The van der Waals surface area contributed by atoms with Crippen molar-refractivity contribution in [2.24, 2.45) is 5.92 Å². The van der Waals surface area contributed by atoms with Crippen molar-refractivity contribution in [3.63, 3.8) is 0 Å². The molecule has 3 aromatic rings. The number of fused-ring (bicyclic) bond motifs is 1. The zero-order valence-corrected chi connectivity index (χ0v) is 19.5. The first-order valence-corrected chi connectivity index (χ1v) is 11.7. The second kappa shape index (κ2) is 9.78. The third-order valence-electron chi connectivity index (χ3n) is 6.69. The minimum atomic E-state index is -0.388. The number of rotatable bonds is 5. The van der Waals surface area contributed by atoms with E-state index in [0.29, 0.717) is 48.7 Å². The first-order chi connectivity index (χ1) is 17.0. The van der Waals surface area contributed by atoms with Gasteiger partial charge in [0.15, 0.2) is 11.5 Å². The zero-order valence-electron chi connectivity index (χ0n) is 19.5. The summed E-state index contributed by atoms with van der Waals surface area (Å²) in [5.41, 5.74) is 2.98. The predicted molar refractivity (Wildman–Crippen MR) is 129 cm³/mol. The van der Waals surface area contributed by atoms with Crippen LogP contribution in [0.5, 0.6) is 11.5 Å². The highest BCUT2D eigenvalue weighted by Crippen LogP contribution is 2.34. The average molecular weight is 475 g/mol. The van der Waals surface area contributed by atoms with Gasteiger partial charge in [0.25, 0.3) is 5.91 Å². The van der Waals surface area contributed by atoms with Crippen molar-refractivity contribution < 1.29 is 23.5 Å². The molecule has 5 rings (SSSR count). The molecule has 2 heterocycles. The molecule has 2 amide bonds. The second-order valence-electron chi connectivity index (χ2n) is 9.12. The van der Waals surface area contributed by atoms with Gasteiger partial charge in [-0.2, -0.15) is 0 Å². The maximum atomic E-state index is 13.9. The molecule has 0 aromatic heterocycles. The van der Waals surface area contributed by atoms with Crippen molar-refractivity contribution in [1.82, 2.24) is 10.2 Å². The Morgan fingerprint density at radius 2 is 1.80 bits per heavy atom. The van der Waals surface area contributed by atoms with Gasteiger partial charge in [0.1, 0.15) is 5.82 Å². The maximum absolute atomic E-state index is 13.9. The third kappa shape index (κ3) is 4.99. The molecule has 0 unspecified atom stereocenters. The highest BCUT2D eigenvalue weighted by Gasteiger charge is 2.35. The summed E-state index contributed by atoms with van der Waals surface area (Å²) in [5, 5.41) is 3.02. The van der Waals surface area contributed by atoms with Gasteiger partial charge in [-0.1, -0.05) is 36.4 Å². The topological polar surface area (TPSA) is 67.9 Å². The van der Waals surface area contributed by atoms with Crippen molar-refractivity contribution in [2.75, 3.05) is 19.9 Å². The number of ether oxygens (including phenoxy) is 2. The Kier molecular flexibility index (Phi) is 6.40. The summed E-state index contributed by atoms with van der Waals surface area (Å²) in [7, 11) is 0. The maximum Gasteiger partial charge on any atom is 0.253 e. The van der Waals surface area contributed by atoms with Crippen LogP contribution >= 0.6 is 0 Å². The largest absolute Gasteiger partial charge is 0.454 e. The molecule has 6 nitrogen and oxygen atoms in total. The third-order valence-corrected chi connectivity index (χ3v) is 6.69. The van der Waals surface area contributed by atoms with E-state index in [0.717, 1.165) is 11.1 Å². The van der Waals surface area contributed by atoms with Crippen LogP contribution in [-0.2, 0) is 11.3 Å². The molecule has 35 heavy (non-hydrogen) atoms. The van der Waals surface area contributed by atoms with Gasteiger partial charge in [-0.25, -0.2) is 4.39 Å². The van der Waals surface area contributed by atoms with Gasteiger partial charge >= 0.3 is 0 Å². The average Bonchev–Trinajstić information content (AvgIpc) is 3.36. The lowest BCUT2D eigenvalue weighted by Crippen LogP contribution is -2.48. The fraction of sp³-hybridized carbons (Fsp3) is 0.286. The molecule has 2 atom stereocenters. The summed E-state index contributed by atoms with van der Waals surface area (Å²) in [6.07, 6.45) is 0.580. The van der Waals surface area contributed by atoms with Gasteiger partial charge in [-0.15, -0.1) is 0 Å². The summed E-state index contributed by atoms with van der Waals surface area (Å²) in [5.74, 6) is 0.415. The van der Waals surface area contributed by atoms with Crippen molar-refractivity contribution in [3.8, 4) is 11.5 Å². The molecule has 1 saturated heterocycles. The molecule has 0 bridgehead atoms. The minimum Gasteiger partial charge on any atom is -0.454 e. The van der Waals surface area contributed by atoms with Gasteiger partial charge in [0.2, 0.25) is 12.7 Å². The van der Waals surface area contributed by atoms with E-state index in [2.05, 4.69) is 5.32 Å². The number of nitrogens with one attached hydrogen (secondary N) is 1. The predicted octanol–water partition coefficient (Wildman–Crippen LogP) is 4.43. The van der Waals surface area contributed by atoms with E-state index in [4.69, 9.17) is 9.47 Å². The lowest BCUT2D eigenvalue weighted by atomic mass is 9.83. The molecular weight excluding hydrogens is 447 g/mol. The Hall–Kier alpha value is -3.87. The molecule has 3 aromatic carbocycles. The molecular formula is C28H27FN2O4. The molecule has 0 aliphatic carbocycles. The van der Waals surface area contributed by atoms with Crippen LogP contribution in [0.25, 0.3) is 0 Å². The number of carbonyl (C=O) groups is 2. The van der Waals surface area contributed by atoms with Crippen LogP contribution in [0.4, 0.5) is 4.39 Å². The summed E-state index contributed by atoms with van der Waals surface area (Å²) in [6.45, 7) is 3.08. The summed E-state index contributed by atoms with van der Waals surface area (Å²) >= 11 is 0. The molecule has 0 radical (unpaired) electrons. The normalized spacial score (nSPS) is 18.9. The van der Waals surface area contributed by atoms with E-state index in [-0.39, 0.29) is 36.3 Å². The van der Waals surface area contributed by atoms with Gasteiger partial charge < -0.3 is 19.7 Å². The molecule has 0 spiro atoms. The number of hydrogen-bond donors (Lipinski definition) is 1. The van der Waals surface area contributed by atoms with Crippen LogP contribution in [0.3, 0.4) is 0 Å². The summed E-state index contributed by atoms with van der Waals surface area (Å²) < 4.78 is 24.7. The van der Waals surface area contributed by atoms with E-state index in [9.17, 15) is 14.0 Å². The number of amides is 2. The fourth-order valence-corrected chi connectivity index (χ4v) is 4.77. The first-order valence-electron chi connectivity index (χ1n) is 11.7. The van der Waals surface area contributed by atoms with Crippen molar-refractivity contribution in [1.29, 1.82) is 0 Å². The fourth-order valence-electron chi connectivity index (χ4n) is 4.77. The lowest BCUT2D eigenvalue weighted by molar-refractivity contribution is -0.126. The Morgan fingerprint density at radius 1 is 1.00 bits per heavy atom. The van der Waals surface area contributed by atoms with Crippen molar-refractivity contribution in [3.05, 3.63) is 94.8 Å². The number of carbonyl (C=O) groups excluding carboxylic acids is 2. The summed E-state index contributed by atoms with van der Waals surface area (Å²) in [4.78, 5) is 28.2. The smallest absolute Gasteiger partial charge is 0.253 e. The van der Waals surface area contributed by atoms with Crippen LogP contribution in [0, 0.1) is 18.7 Å². The molecule has 7 heteroatoms. The number of halogens is 1. The number of benzene rings is 3. The molecule has 180 valence electrons. The molecule has 1 fully saturated rings. The number of piperidine rings is 1. The van der Waals surface area contributed by atoms with Gasteiger partial charge in [-0.05, 0) is 60.4 Å². The molecule has 2 aliphatic heterocycles. The van der Waals surface area contributed by atoms with E-state index in [1.807, 2.05) is 42.5 Å². The molecule has 0 saturated carbocycles.